The highest BCUT2D eigenvalue weighted by Gasteiger charge is 2.41. The quantitative estimate of drug-likeness (QED) is 0.490. The Kier molecular flexibility index (Phi) is 2.61. The molecular weight excluding hydrogens is 203 g/mol. The van der Waals surface area contributed by atoms with Crippen LogP contribution >= 0.6 is 0 Å². The van der Waals surface area contributed by atoms with Gasteiger partial charge in [-0.2, -0.15) is 0 Å². The van der Waals surface area contributed by atoms with Gasteiger partial charge in [-0.25, -0.2) is 0 Å². The Morgan fingerprint density at radius 3 is 2.38 bits per heavy atom. The second-order valence-electron chi connectivity index (χ2n) is 4.62. The Bertz CT molecular complexity index is 407. The lowest BCUT2D eigenvalue weighted by molar-refractivity contribution is -0.234. The van der Waals surface area contributed by atoms with Gasteiger partial charge in [-0.1, -0.05) is 18.2 Å². The number of aryl methyl sites for hydroxylation is 2. The van der Waals surface area contributed by atoms with Crippen LogP contribution in [0.1, 0.15) is 30.0 Å². The minimum atomic E-state index is -2.36. The van der Waals surface area contributed by atoms with Crippen LogP contribution in [-0.4, -0.2) is 29.0 Å². The molecule has 2 rings (SSSR count). The monoisotopic (exact) mass is 218 g/mol. The number of hydrogen-bond donors (Lipinski definition) is 3. The minimum absolute atomic E-state index is 0.334. The maximum Gasteiger partial charge on any atom is 0.184 e. The van der Waals surface area contributed by atoms with E-state index in [1.807, 2.05) is 6.07 Å². The van der Waals surface area contributed by atoms with Crippen molar-refractivity contribution in [2.75, 3.05) is 0 Å². The molecule has 0 amide bonds. The van der Waals surface area contributed by atoms with Gasteiger partial charge in [0, 0.05) is 0 Å². The summed E-state index contributed by atoms with van der Waals surface area (Å²) in [5.41, 5.74) is 0.563. The van der Waals surface area contributed by atoms with Crippen molar-refractivity contribution >= 4 is 7.85 Å². The molecule has 0 saturated carbocycles. The van der Waals surface area contributed by atoms with Gasteiger partial charge in [0.05, 0.1) is 5.50 Å². The normalized spacial score (nSPS) is 19.2. The summed E-state index contributed by atoms with van der Waals surface area (Å²) in [5.74, 6) is -2.36. The standard InChI is InChI=1S/C12H15BO3/c1-11(14,15)12(13,16)10-6-5-8-3-2-4-9(8)7-10/h5-7,14-16H,2-4H2,1H3. The van der Waals surface area contributed by atoms with Crippen molar-refractivity contribution in [3.63, 3.8) is 0 Å². The van der Waals surface area contributed by atoms with E-state index in [4.69, 9.17) is 7.85 Å². The van der Waals surface area contributed by atoms with E-state index in [1.165, 1.54) is 5.56 Å². The zero-order valence-corrected chi connectivity index (χ0v) is 9.27. The minimum Gasteiger partial charge on any atom is -0.390 e. The summed E-state index contributed by atoms with van der Waals surface area (Å²) in [6, 6.07) is 5.29. The van der Waals surface area contributed by atoms with E-state index < -0.39 is 11.3 Å². The highest BCUT2D eigenvalue weighted by atomic mass is 16.5. The number of rotatable bonds is 2. The summed E-state index contributed by atoms with van der Waals surface area (Å²) < 4.78 is 0. The van der Waals surface area contributed by atoms with Crippen LogP contribution in [-0.2, 0) is 18.3 Å². The van der Waals surface area contributed by atoms with Gasteiger partial charge in [-0.3, -0.25) is 0 Å². The third-order valence-corrected chi connectivity index (χ3v) is 3.26. The van der Waals surface area contributed by atoms with E-state index in [9.17, 15) is 15.3 Å². The van der Waals surface area contributed by atoms with Crippen LogP contribution in [0.3, 0.4) is 0 Å². The second-order valence-corrected chi connectivity index (χ2v) is 4.62. The van der Waals surface area contributed by atoms with Gasteiger partial charge in [-0.15, -0.1) is 0 Å². The summed E-state index contributed by atoms with van der Waals surface area (Å²) in [5, 5.41) is 28.8. The molecule has 1 unspecified atom stereocenters. The number of hydrogen-bond acceptors (Lipinski definition) is 3. The van der Waals surface area contributed by atoms with Gasteiger partial charge in [0.15, 0.2) is 5.79 Å². The Balaban J connectivity index is 2.42. The first-order chi connectivity index (χ1) is 7.32. The van der Waals surface area contributed by atoms with Crippen LogP contribution in [0.15, 0.2) is 18.2 Å². The summed E-state index contributed by atoms with van der Waals surface area (Å²) in [4.78, 5) is 0. The van der Waals surface area contributed by atoms with E-state index in [1.54, 1.807) is 12.1 Å². The summed E-state index contributed by atoms with van der Waals surface area (Å²) in [6.45, 7) is 1.07. The van der Waals surface area contributed by atoms with Crippen molar-refractivity contribution in [3.8, 4) is 0 Å². The molecule has 4 heteroatoms. The van der Waals surface area contributed by atoms with E-state index in [-0.39, 0.29) is 0 Å². The van der Waals surface area contributed by atoms with Gasteiger partial charge in [0.2, 0.25) is 0 Å². The fraction of sp³-hybridized carbons (Fsp3) is 0.500. The van der Waals surface area contributed by atoms with Gasteiger partial charge < -0.3 is 15.3 Å². The Labute approximate surface area is 96.1 Å². The number of benzene rings is 1. The molecule has 16 heavy (non-hydrogen) atoms. The van der Waals surface area contributed by atoms with E-state index >= 15 is 0 Å². The maximum absolute atomic E-state index is 9.93. The Morgan fingerprint density at radius 1 is 1.12 bits per heavy atom. The first-order valence-electron chi connectivity index (χ1n) is 5.40. The van der Waals surface area contributed by atoms with E-state index in [2.05, 4.69) is 0 Å². The fourth-order valence-corrected chi connectivity index (χ4v) is 2.08. The van der Waals surface area contributed by atoms with Gasteiger partial charge in [0.25, 0.3) is 0 Å². The van der Waals surface area contributed by atoms with E-state index in [0.29, 0.717) is 5.56 Å². The maximum atomic E-state index is 9.93. The van der Waals surface area contributed by atoms with Crippen molar-refractivity contribution in [1.29, 1.82) is 0 Å². The lowest BCUT2D eigenvalue weighted by Crippen LogP contribution is -2.50. The van der Waals surface area contributed by atoms with Crippen LogP contribution < -0.4 is 0 Å². The first-order valence-corrected chi connectivity index (χ1v) is 5.40. The molecular formula is C12H15BO3. The molecule has 1 aliphatic carbocycles. The molecule has 0 saturated heterocycles. The molecule has 0 bridgehead atoms. The molecule has 0 aliphatic heterocycles. The fourth-order valence-electron chi connectivity index (χ4n) is 2.08. The van der Waals surface area contributed by atoms with Crippen LogP contribution in [0.2, 0.25) is 0 Å². The average molecular weight is 218 g/mol. The predicted octanol–water partition coefficient (Wildman–Crippen LogP) is 0.190. The molecule has 0 fully saturated rings. The largest absolute Gasteiger partial charge is 0.390 e. The summed E-state index contributed by atoms with van der Waals surface area (Å²) in [6.07, 6.45) is 3.08. The topological polar surface area (TPSA) is 60.7 Å². The second kappa shape index (κ2) is 3.59. The van der Waals surface area contributed by atoms with Crippen LogP contribution in [0, 0.1) is 0 Å². The predicted molar refractivity (Wildman–Crippen MR) is 61.0 cm³/mol. The number of fused-ring (bicyclic) bond motifs is 1. The molecule has 0 heterocycles. The molecule has 3 nitrogen and oxygen atoms in total. The van der Waals surface area contributed by atoms with Crippen LogP contribution in [0.5, 0.6) is 0 Å². The average Bonchev–Trinajstić information content (AvgIpc) is 2.61. The molecule has 0 spiro atoms. The molecule has 84 valence electrons. The van der Waals surface area contributed by atoms with Crippen molar-refractivity contribution in [1.82, 2.24) is 0 Å². The summed E-state index contributed by atoms with van der Waals surface area (Å²) in [7, 11) is 5.56. The van der Waals surface area contributed by atoms with E-state index in [0.717, 1.165) is 31.7 Å². The number of aliphatic hydroxyl groups is 3. The zero-order valence-electron chi connectivity index (χ0n) is 9.27. The van der Waals surface area contributed by atoms with Crippen molar-refractivity contribution in [2.24, 2.45) is 0 Å². The van der Waals surface area contributed by atoms with Gasteiger partial charge in [-0.05, 0) is 42.9 Å². The SMILES string of the molecule is [B]C(O)(c1ccc2c(c1)CCC2)C(C)(O)O. The van der Waals surface area contributed by atoms with Crippen molar-refractivity contribution in [2.45, 2.75) is 37.5 Å². The highest BCUT2D eigenvalue weighted by Crippen LogP contribution is 2.31. The highest BCUT2D eigenvalue weighted by molar-refractivity contribution is 6.15. The van der Waals surface area contributed by atoms with Gasteiger partial charge in [0.1, 0.15) is 7.85 Å². The Hall–Kier alpha value is -0.835. The molecule has 0 aromatic heterocycles. The third-order valence-electron chi connectivity index (χ3n) is 3.26. The lowest BCUT2D eigenvalue weighted by atomic mass is 9.69. The smallest absolute Gasteiger partial charge is 0.184 e. The molecule has 1 atom stereocenters. The summed E-state index contributed by atoms with van der Waals surface area (Å²) >= 11 is 0. The molecule has 3 N–H and O–H groups in total. The van der Waals surface area contributed by atoms with Crippen LogP contribution in [0.25, 0.3) is 0 Å². The van der Waals surface area contributed by atoms with Gasteiger partial charge >= 0.3 is 0 Å². The van der Waals surface area contributed by atoms with Crippen molar-refractivity contribution in [3.05, 3.63) is 34.9 Å². The molecule has 2 radical (unpaired) electrons. The molecule has 1 aromatic rings. The first kappa shape index (κ1) is 11.6. The molecule has 1 aliphatic rings. The van der Waals surface area contributed by atoms with Crippen LogP contribution in [0.4, 0.5) is 0 Å². The molecule has 1 aromatic carbocycles. The Morgan fingerprint density at radius 2 is 1.75 bits per heavy atom. The zero-order chi connectivity index (χ0) is 12.0. The van der Waals surface area contributed by atoms with Crippen molar-refractivity contribution < 1.29 is 15.3 Å². The lowest BCUT2D eigenvalue weighted by Gasteiger charge is -2.35. The third kappa shape index (κ3) is 1.77.